The van der Waals surface area contributed by atoms with E-state index in [0.717, 1.165) is 56.7 Å². The molecule has 2 fully saturated rings. The van der Waals surface area contributed by atoms with Crippen molar-refractivity contribution in [2.24, 2.45) is 5.92 Å². The molecule has 2 saturated heterocycles. The van der Waals surface area contributed by atoms with Gasteiger partial charge in [-0.15, -0.1) is 0 Å². The molecule has 2 aromatic rings. The number of methoxy groups -OCH3 is 1. The van der Waals surface area contributed by atoms with Gasteiger partial charge in [-0.3, -0.25) is 4.98 Å². The lowest BCUT2D eigenvalue weighted by atomic mass is 9.94. The van der Waals surface area contributed by atoms with Crippen molar-refractivity contribution in [2.75, 3.05) is 44.9 Å². The van der Waals surface area contributed by atoms with E-state index in [4.69, 9.17) is 14.2 Å². The molecule has 31 heavy (non-hydrogen) atoms. The van der Waals surface area contributed by atoms with Gasteiger partial charge in [0.2, 0.25) is 0 Å². The molecule has 1 aromatic carbocycles. The number of piperidine rings is 1. The summed E-state index contributed by atoms with van der Waals surface area (Å²) in [5, 5.41) is 3.47. The highest BCUT2D eigenvalue weighted by atomic mass is 16.5. The quantitative estimate of drug-likeness (QED) is 0.580. The van der Waals surface area contributed by atoms with Crippen molar-refractivity contribution in [3.8, 4) is 11.5 Å². The minimum atomic E-state index is 0.478. The van der Waals surface area contributed by atoms with Crippen molar-refractivity contribution in [1.29, 1.82) is 0 Å². The predicted molar refractivity (Wildman–Crippen MR) is 123 cm³/mol. The van der Waals surface area contributed by atoms with E-state index in [-0.39, 0.29) is 0 Å². The van der Waals surface area contributed by atoms with Gasteiger partial charge < -0.3 is 24.4 Å². The van der Waals surface area contributed by atoms with E-state index < -0.39 is 0 Å². The number of benzene rings is 1. The molecule has 4 rings (SSSR count). The van der Waals surface area contributed by atoms with Crippen LogP contribution >= 0.6 is 0 Å². The van der Waals surface area contributed by atoms with E-state index in [2.05, 4.69) is 33.4 Å². The van der Waals surface area contributed by atoms with Crippen molar-refractivity contribution in [3.05, 3.63) is 48.3 Å². The van der Waals surface area contributed by atoms with E-state index in [1.54, 1.807) is 7.11 Å². The van der Waals surface area contributed by atoms with Crippen LogP contribution in [-0.4, -0.2) is 51.0 Å². The van der Waals surface area contributed by atoms with Crippen LogP contribution in [0.4, 0.5) is 5.69 Å². The van der Waals surface area contributed by atoms with Crippen LogP contribution in [0, 0.1) is 5.92 Å². The maximum atomic E-state index is 5.98. The minimum Gasteiger partial charge on any atom is -0.497 e. The zero-order chi connectivity index (χ0) is 21.3. The monoisotopic (exact) mass is 425 g/mol. The molecule has 0 radical (unpaired) electrons. The van der Waals surface area contributed by atoms with Crippen molar-refractivity contribution in [3.63, 3.8) is 0 Å². The molecule has 6 heteroatoms. The Morgan fingerprint density at radius 3 is 2.65 bits per heavy atom. The first kappa shape index (κ1) is 21.9. The molecular formula is C25H35N3O3. The van der Waals surface area contributed by atoms with Crippen molar-refractivity contribution in [1.82, 2.24) is 10.3 Å². The second-order valence-corrected chi connectivity index (χ2v) is 8.60. The largest absolute Gasteiger partial charge is 0.497 e. The van der Waals surface area contributed by atoms with Crippen LogP contribution < -0.4 is 19.7 Å². The number of pyridine rings is 1. The maximum Gasteiger partial charge on any atom is 0.139 e. The van der Waals surface area contributed by atoms with Crippen molar-refractivity contribution in [2.45, 2.75) is 44.8 Å². The number of nitrogens with zero attached hydrogens (tertiary/aromatic N) is 2. The molecule has 1 N–H and O–H groups in total. The lowest BCUT2D eigenvalue weighted by Crippen LogP contribution is -2.34. The fraction of sp³-hybridized carbons (Fsp3) is 0.560. The lowest BCUT2D eigenvalue weighted by molar-refractivity contribution is 0.104. The summed E-state index contributed by atoms with van der Waals surface area (Å²) in [5.41, 5.74) is 2.36. The van der Waals surface area contributed by atoms with Gasteiger partial charge in [-0.05, 0) is 62.3 Å². The van der Waals surface area contributed by atoms with E-state index in [0.29, 0.717) is 12.6 Å². The lowest BCUT2D eigenvalue weighted by Gasteiger charge is -2.33. The first-order chi connectivity index (χ1) is 15.3. The van der Waals surface area contributed by atoms with E-state index in [1.807, 2.05) is 24.5 Å². The van der Waals surface area contributed by atoms with Gasteiger partial charge in [0, 0.05) is 31.8 Å². The molecule has 1 atom stereocenters. The van der Waals surface area contributed by atoms with Gasteiger partial charge in [0.15, 0.2) is 0 Å². The number of hydrogen-bond donors (Lipinski definition) is 1. The average molecular weight is 426 g/mol. The smallest absolute Gasteiger partial charge is 0.139 e. The van der Waals surface area contributed by atoms with E-state index in [1.165, 1.54) is 36.9 Å². The van der Waals surface area contributed by atoms with Crippen LogP contribution in [0.5, 0.6) is 11.5 Å². The third-order valence-corrected chi connectivity index (χ3v) is 6.39. The van der Waals surface area contributed by atoms with Gasteiger partial charge in [0.25, 0.3) is 0 Å². The Morgan fingerprint density at radius 1 is 1.06 bits per heavy atom. The second-order valence-electron chi connectivity index (χ2n) is 8.60. The van der Waals surface area contributed by atoms with Crippen molar-refractivity contribution < 1.29 is 14.2 Å². The first-order valence-electron chi connectivity index (χ1n) is 11.6. The topological polar surface area (TPSA) is 55.9 Å². The summed E-state index contributed by atoms with van der Waals surface area (Å²) in [4.78, 5) is 6.84. The zero-order valence-electron chi connectivity index (χ0n) is 18.6. The van der Waals surface area contributed by atoms with Crippen LogP contribution in [0.1, 0.15) is 37.7 Å². The molecule has 168 valence electrons. The molecular weight excluding hydrogens is 390 g/mol. The Bertz CT molecular complexity index is 785. The molecule has 0 aliphatic carbocycles. The standard InChI is InChI=1S/C25H35N3O3/c1-29-24-6-4-21(5-7-24)18-30-14-10-20-8-12-28(13-9-20)23-15-25(17-26-16-23)31-19-22-3-2-11-27-22/h4-7,15-17,20,22,27H,2-3,8-14,18-19H2,1H3. The Kier molecular flexibility index (Phi) is 8.02. The number of anilines is 1. The third kappa shape index (κ3) is 6.58. The second kappa shape index (κ2) is 11.3. The molecule has 0 spiro atoms. The summed E-state index contributed by atoms with van der Waals surface area (Å²) in [7, 11) is 1.69. The average Bonchev–Trinajstić information content (AvgIpc) is 3.35. The number of nitrogens with one attached hydrogen (secondary N) is 1. The normalized spacial score (nSPS) is 19.5. The third-order valence-electron chi connectivity index (χ3n) is 6.39. The molecule has 2 aliphatic heterocycles. The van der Waals surface area contributed by atoms with Crippen LogP contribution in [0.2, 0.25) is 0 Å². The fourth-order valence-corrected chi connectivity index (χ4v) is 4.40. The van der Waals surface area contributed by atoms with Gasteiger partial charge in [-0.25, -0.2) is 0 Å². The van der Waals surface area contributed by atoms with Gasteiger partial charge in [0.1, 0.15) is 18.1 Å². The van der Waals surface area contributed by atoms with E-state index in [9.17, 15) is 0 Å². The Labute approximate surface area is 185 Å². The van der Waals surface area contributed by atoms with Crippen LogP contribution in [0.3, 0.4) is 0 Å². The summed E-state index contributed by atoms with van der Waals surface area (Å²) >= 11 is 0. The van der Waals surface area contributed by atoms with Crippen LogP contribution in [0.25, 0.3) is 0 Å². The maximum absolute atomic E-state index is 5.98. The first-order valence-corrected chi connectivity index (χ1v) is 11.6. The number of aromatic nitrogens is 1. The minimum absolute atomic E-state index is 0.478. The van der Waals surface area contributed by atoms with Gasteiger partial charge in [0.05, 0.1) is 31.8 Å². The summed E-state index contributed by atoms with van der Waals surface area (Å²) in [6, 6.07) is 10.7. The Balaban J connectivity index is 1.15. The predicted octanol–water partition coefficient (Wildman–Crippen LogP) is 4.04. The Hall–Kier alpha value is -2.31. The van der Waals surface area contributed by atoms with Crippen molar-refractivity contribution >= 4 is 5.69 Å². The molecule has 0 amide bonds. The fourth-order valence-electron chi connectivity index (χ4n) is 4.40. The summed E-state index contributed by atoms with van der Waals surface area (Å²) < 4.78 is 17.1. The SMILES string of the molecule is COc1ccc(COCCC2CCN(c3cncc(OCC4CCCN4)c3)CC2)cc1. The number of hydrogen-bond acceptors (Lipinski definition) is 6. The summed E-state index contributed by atoms with van der Waals surface area (Å²) in [5.74, 6) is 2.49. The van der Waals surface area contributed by atoms with Crippen LogP contribution in [-0.2, 0) is 11.3 Å². The molecule has 3 heterocycles. The molecule has 1 aromatic heterocycles. The highest BCUT2D eigenvalue weighted by Gasteiger charge is 2.20. The molecule has 0 saturated carbocycles. The Morgan fingerprint density at radius 2 is 1.90 bits per heavy atom. The summed E-state index contributed by atoms with van der Waals surface area (Å²) in [6.45, 7) is 5.45. The zero-order valence-corrected chi connectivity index (χ0v) is 18.6. The molecule has 2 aliphatic rings. The number of ether oxygens (including phenoxy) is 3. The number of rotatable bonds is 10. The van der Waals surface area contributed by atoms with E-state index >= 15 is 0 Å². The highest BCUT2D eigenvalue weighted by molar-refractivity contribution is 5.48. The molecule has 6 nitrogen and oxygen atoms in total. The summed E-state index contributed by atoms with van der Waals surface area (Å²) in [6.07, 6.45) is 9.74. The molecule has 0 bridgehead atoms. The van der Waals surface area contributed by atoms with Gasteiger partial charge >= 0.3 is 0 Å². The van der Waals surface area contributed by atoms with Gasteiger partial charge in [-0.1, -0.05) is 12.1 Å². The molecule has 1 unspecified atom stereocenters. The van der Waals surface area contributed by atoms with Gasteiger partial charge in [-0.2, -0.15) is 0 Å². The van der Waals surface area contributed by atoms with Crippen LogP contribution in [0.15, 0.2) is 42.7 Å². The highest BCUT2D eigenvalue weighted by Crippen LogP contribution is 2.27.